The monoisotopic (exact) mass is 270 g/mol. The molecule has 1 radical (unpaired) electrons. The van der Waals surface area contributed by atoms with E-state index in [4.69, 9.17) is 0 Å². The van der Waals surface area contributed by atoms with Crippen molar-refractivity contribution in [1.82, 2.24) is 0 Å². The molecule has 0 rings (SSSR count). The van der Waals surface area contributed by atoms with Gasteiger partial charge in [-0.1, -0.05) is 13.8 Å². The number of rotatable bonds is 3. The molecule has 0 spiro atoms. The number of phosphoric ester groups is 1. The molecule has 0 aliphatic heterocycles. The van der Waals surface area contributed by atoms with E-state index in [1.807, 2.05) is 0 Å². The minimum atomic E-state index is -4.78. The summed E-state index contributed by atoms with van der Waals surface area (Å²) >= 11 is 0. The summed E-state index contributed by atoms with van der Waals surface area (Å²) in [4.78, 5) is 20.0. The van der Waals surface area contributed by atoms with E-state index in [1.165, 1.54) is 0 Å². The first-order chi connectivity index (χ1) is 4.33. The topological polar surface area (TPSA) is 72.4 Å². The summed E-state index contributed by atoms with van der Waals surface area (Å²) in [7, 11) is -4.78. The molecule has 0 fully saturated rings. The average molecular weight is 270 g/mol. The van der Waals surface area contributed by atoms with Gasteiger partial charge in [0.05, 0.1) is 13.9 Å². The molecular weight excluding hydrogens is 256 g/mol. The maximum atomic E-state index is 10.00. The fourth-order valence-corrected chi connectivity index (χ4v) is 0.976. The quantitative estimate of drug-likeness (QED) is 0.547. The third-order valence-electron chi connectivity index (χ3n) is 1.23. The molecular formula is C6H14O4PY-3. The van der Waals surface area contributed by atoms with Gasteiger partial charge in [0.2, 0.25) is 0 Å². The van der Waals surface area contributed by atoms with Crippen molar-refractivity contribution in [2.75, 3.05) is 0 Å². The maximum absolute atomic E-state index is 10.00. The van der Waals surface area contributed by atoms with Gasteiger partial charge in [0, 0.05) is 32.7 Å². The van der Waals surface area contributed by atoms with Crippen LogP contribution in [0.5, 0.6) is 0 Å². The van der Waals surface area contributed by atoms with Crippen molar-refractivity contribution in [1.29, 1.82) is 0 Å². The number of hydrogen-bond donors (Lipinski definition) is 0. The summed E-state index contributed by atoms with van der Waals surface area (Å²) in [5, 5.41) is 0. The molecule has 1 atom stereocenters. The molecule has 0 saturated heterocycles. The van der Waals surface area contributed by atoms with Crippen molar-refractivity contribution in [2.45, 2.75) is 26.9 Å². The molecule has 0 saturated carbocycles. The predicted octanol–water partition coefficient (Wildman–Crippen LogP) is 0.324. The summed E-state index contributed by atoms with van der Waals surface area (Å²) in [6, 6.07) is 0. The molecule has 4 nitrogen and oxygen atoms in total. The van der Waals surface area contributed by atoms with E-state index in [-0.39, 0.29) is 46.1 Å². The molecule has 0 bridgehead atoms. The van der Waals surface area contributed by atoms with E-state index in [0.717, 1.165) is 0 Å². The summed E-state index contributed by atoms with van der Waals surface area (Å²) in [5.74, 6) is 0.0382. The molecule has 73 valence electrons. The van der Waals surface area contributed by atoms with Crippen LogP contribution in [-0.2, 0) is 41.8 Å². The zero-order valence-electron chi connectivity index (χ0n) is 7.81. The SMILES string of the molecule is CC(C)C(C)OP(=O)([O-])[O-].[CH3-].[Y]. The van der Waals surface area contributed by atoms with Gasteiger partial charge >= 0.3 is 0 Å². The molecule has 0 aromatic heterocycles. The second-order valence-electron chi connectivity index (χ2n) is 2.50. The van der Waals surface area contributed by atoms with E-state index in [9.17, 15) is 14.4 Å². The third kappa shape index (κ3) is 11.2. The number of hydrogen-bond acceptors (Lipinski definition) is 4. The molecule has 0 heterocycles. The van der Waals surface area contributed by atoms with Crippen LogP contribution in [0.4, 0.5) is 0 Å². The van der Waals surface area contributed by atoms with Crippen LogP contribution in [0.15, 0.2) is 0 Å². The molecule has 0 amide bonds. The van der Waals surface area contributed by atoms with Gasteiger partial charge in [0.1, 0.15) is 0 Å². The van der Waals surface area contributed by atoms with Crippen molar-refractivity contribution in [2.24, 2.45) is 5.92 Å². The summed E-state index contributed by atoms with van der Waals surface area (Å²) in [5.41, 5.74) is 0. The maximum Gasteiger partial charge on any atom is 0.0622 e. The Morgan fingerprint density at radius 2 is 1.58 bits per heavy atom. The molecule has 0 aromatic rings. The fraction of sp³-hybridized carbons (Fsp3) is 0.833. The van der Waals surface area contributed by atoms with E-state index >= 15 is 0 Å². The Balaban J connectivity index is -0.000000405. The normalized spacial score (nSPS) is 13.2. The van der Waals surface area contributed by atoms with Gasteiger partial charge in [-0.05, 0) is 12.8 Å². The van der Waals surface area contributed by atoms with Crippen molar-refractivity contribution >= 4 is 7.82 Å². The average Bonchev–Trinajstić information content (AvgIpc) is 1.60. The van der Waals surface area contributed by atoms with Crippen molar-refractivity contribution in [3.63, 3.8) is 0 Å². The third-order valence-corrected chi connectivity index (χ3v) is 1.82. The Labute approximate surface area is 99.2 Å². The van der Waals surface area contributed by atoms with Gasteiger partial charge in [-0.3, -0.25) is 0 Å². The molecule has 0 N–H and O–H groups in total. The van der Waals surface area contributed by atoms with Crippen LogP contribution in [0.3, 0.4) is 0 Å². The first-order valence-corrected chi connectivity index (χ1v) is 4.49. The minimum Gasteiger partial charge on any atom is -0.790 e. The van der Waals surface area contributed by atoms with E-state index < -0.39 is 13.9 Å². The van der Waals surface area contributed by atoms with Crippen LogP contribution in [0, 0.1) is 13.3 Å². The predicted molar refractivity (Wildman–Crippen MR) is 39.4 cm³/mol. The van der Waals surface area contributed by atoms with Crippen molar-refractivity contribution in [3.8, 4) is 0 Å². The van der Waals surface area contributed by atoms with Crippen molar-refractivity contribution < 1.29 is 51.6 Å². The summed E-state index contributed by atoms with van der Waals surface area (Å²) < 4.78 is 14.1. The Kier molecular flexibility index (Phi) is 12.0. The first kappa shape index (κ1) is 18.9. The Hall–Kier alpha value is 1.21. The van der Waals surface area contributed by atoms with Crippen LogP contribution in [0.25, 0.3) is 0 Å². The van der Waals surface area contributed by atoms with Crippen LogP contribution < -0.4 is 9.79 Å². The van der Waals surface area contributed by atoms with Gasteiger partial charge in [-0.2, -0.15) is 0 Å². The molecule has 1 unspecified atom stereocenters. The first-order valence-electron chi connectivity index (χ1n) is 3.03. The molecule has 0 aromatic carbocycles. The van der Waals surface area contributed by atoms with Crippen LogP contribution in [-0.4, -0.2) is 6.10 Å². The zero-order valence-corrected chi connectivity index (χ0v) is 11.5. The molecule has 0 aliphatic rings. The Morgan fingerprint density at radius 3 is 1.67 bits per heavy atom. The van der Waals surface area contributed by atoms with Gasteiger partial charge in [-0.25, -0.2) is 0 Å². The van der Waals surface area contributed by atoms with E-state index in [1.54, 1.807) is 20.8 Å². The summed E-state index contributed by atoms with van der Waals surface area (Å²) in [6.07, 6.45) is -0.527. The largest absolute Gasteiger partial charge is 0.790 e. The van der Waals surface area contributed by atoms with Gasteiger partial charge in [0.25, 0.3) is 0 Å². The Morgan fingerprint density at radius 1 is 1.25 bits per heavy atom. The second-order valence-corrected chi connectivity index (χ2v) is 3.61. The van der Waals surface area contributed by atoms with Crippen LogP contribution in [0.1, 0.15) is 20.8 Å². The summed E-state index contributed by atoms with van der Waals surface area (Å²) in [6.45, 7) is 5.10. The van der Waals surface area contributed by atoms with Gasteiger partial charge in [0.15, 0.2) is 0 Å². The van der Waals surface area contributed by atoms with E-state index in [0.29, 0.717) is 0 Å². The van der Waals surface area contributed by atoms with Crippen molar-refractivity contribution in [3.05, 3.63) is 7.43 Å². The van der Waals surface area contributed by atoms with Crippen LogP contribution in [0.2, 0.25) is 0 Å². The standard InChI is InChI=1S/C5H13O4P.CH3.Y/c1-4(2)5(3)9-10(6,7)8;;/h4-5H,1-3H3,(H2,6,7,8);1H3;/q;-1;/p-2. The Bertz CT molecular complexity index is 144. The molecule has 6 heteroatoms. The molecule has 12 heavy (non-hydrogen) atoms. The van der Waals surface area contributed by atoms with Gasteiger partial charge < -0.3 is 26.3 Å². The van der Waals surface area contributed by atoms with E-state index in [2.05, 4.69) is 4.52 Å². The second kappa shape index (κ2) is 7.60. The minimum absolute atomic E-state index is 0. The smallest absolute Gasteiger partial charge is 0.0622 e. The van der Waals surface area contributed by atoms with Gasteiger partial charge in [-0.15, -0.1) is 0 Å². The zero-order chi connectivity index (χ0) is 8.36. The van der Waals surface area contributed by atoms with Crippen LogP contribution >= 0.6 is 7.82 Å². The molecule has 0 aliphatic carbocycles. The number of phosphoric acid groups is 1. The fourth-order valence-electron chi connectivity index (χ4n) is 0.325.